The number of hydrogen-bond acceptors (Lipinski definition) is 3. The highest BCUT2D eigenvalue weighted by Crippen LogP contribution is 2.61. The Balaban J connectivity index is 3.67. The summed E-state index contributed by atoms with van der Waals surface area (Å²) in [5.74, 6) is -32.2. The molecule has 0 unspecified atom stereocenters. The lowest BCUT2D eigenvalue weighted by molar-refractivity contribution is -0.433. The second kappa shape index (κ2) is 6.53. The Morgan fingerprint density at radius 2 is 0.931 bits per heavy atom. The normalized spacial score (nSPS) is 15.5. The summed E-state index contributed by atoms with van der Waals surface area (Å²) in [5.41, 5.74) is 4.68. The van der Waals surface area contributed by atoms with E-state index in [1.165, 1.54) is 0 Å². The van der Waals surface area contributed by atoms with Crippen LogP contribution in [0.5, 0.6) is 0 Å². The number of rotatable bonds is 6. The molecular weight excluding hydrogens is 469 g/mol. The zero-order chi connectivity index (χ0) is 23.5. The molecule has 0 radical (unpaired) electrons. The summed E-state index contributed by atoms with van der Waals surface area (Å²) in [7, 11) is -7.02. The molecule has 0 bridgehead atoms. The molecule has 2 N–H and O–H groups in total. The van der Waals surface area contributed by atoms with Gasteiger partial charge in [-0.3, -0.25) is 0 Å². The van der Waals surface area contributed by atoms with E-state index in [9.17, 15) is 65.5 Å². The zero-order valence-electron chi connectivity index (χ0n) is 13.0. The number of nitrogens with two attached hydrogens (primary N) is 1. The highest BCUT2D eigenvalue weighted by molar-refractivity contribution is 7.92. The van der Waals surface area contributed by atoms with E-state index in [1.54, 1.807) is 0 Å². The van der Waals surface area contributed by atoms with E-state index in [0.717, 1.165) is 0 Å². The number of alkyl halides is 13. The van der Waals surface area contributed by atoms with Gasteiger partial charge in [0.2, 0.25) is 9.84 Å². The number of nitrogen functional groups attached to an aromatic ring is 1. The molecule has 0 saturated carbocycles. The van der Waals surface area contributed by atoms with Crippen molar-refractivity contribution < 1.29 is 65.5 Å². The molecule has 0 spiro atoms. The van der Waals surface area contributed by atoms with Crippen LogP contribution in [0.3, 0.4) is 0 Å². The molecule has 0 fully saturated rings. The smallest absolute Gasteiger partial charge is 0.399 e. The van der Waals surface area contributed by atoms with Crippen molar-refractivity contribution in [2.24, 2.45) is 0 Å². The molecule has 168 valence electrons. The molecule has 0 aliphatic carbocycles. The summed E-state index contributed by atoms with van der Waals surface area (Å²) in [6.07, 6.45) is -7.58. The van der Waals surface area contributed by atoms with Crippen molar-refractivity contribution >= 4 is 15.5 Å². The molecule has 0 aliphatic rings. The van der Waals surface area contributed by atoms with E-state index >= 15 is 0 Å². The summed E-state index contributed by atoms with van der Waals surface area (Å²) >= 11 is 0. The fourth-order valence-corrected chi connectivity index (χ4v) is 2.97. The average molecular weight is 475 g/mol. The predicted octanol–water partition coefficient (Wildman–Crippen LogP) is 4.74. The van der Waals surface area contributed by atoms with Crippen molar-refractivity contribution in [2.45, 2.75) is 40.0 Å². The van der Waals surface area contributed by atoms with Gasteiger partial charge < -0.3 is 5.73 Å². The number of halogens is 13. The first-order valence-electron chi connectivity index (χ1n) is 6.56. The lowest BCUT2D eigenvalue weighted by Crippen LogP contribution is -2.71. The third-order valence-electron chi connectivity index (χ3n) is 3.43. The largest absolute Gasteiger partial charge is 0.460 e. The van der Waals surface area contributed by atoms with Gasteiger partial charge in [-0.15, -0.1) is 0 Å². The van der Waals surface area contributed by atoms with Gasteiger partial charge in [0.15, 0.2) is 0 Å². The molecule has 0 aliphatic heterocycles. The number of anilines is 1. The van der Waals surface area contributed by atoms with Crippen molar-refractivity contribution in [1.29, 1.82) is 0 Å². The topological polar surface area (TPSA) is 60.2 Å². The minimum atomic E-state index is -8.19. The number of benzene rings is 1. The van der Waals surface area contributed by atoms with Crippen LogP contribution >= 0.6 is 0 Å². The Morgan fingerprint density at radius 3 is 1.28 bits per heavy atom. The summed E-state index contributed by atoms with van der Waals surface area (Å²) in [6.45, 7) is 0. The third-order valence-corrected chi connectivity index (χ3v) is 5.26. The standard InChI is InChI=1S/C12H6F13NO2S/c13-7(14,9(17,18)11(21,22)23)8(15,16)10(19,20)12(24,25)29(27,28)6-3-1-5(26)2-4-6/h1-4H,26H2. The molecule has 0 saturated heterocycles. The Morgan fingerprint density at radius 1 is 0.586 bits per heavy atom. The molecule has 0 atom stereocenters. The van der Waals surface area contributed by atoms with Gasteiger partial charge in [-0.25, -0.2) is 8.42 Å². The van der Waals surface area contributed by atoms with Gasteiger partial charge in [-0.2, -0.15) is 57.1 Å². The van der Waals surface area contributed by atoms with E-state index in [4.69, 9.17) is 5.73 Å². The molecular formula is C12H6F13NO2S. The van der Waals surface area contributed by atoms with Crippen LogP contribution in [-0.4, -0.2) is 43.5 Å². The van der Waals surface area contributed by atoms with Crippen LogP contribution < -0.4 is 5.73 Å². The van der Waals surface area contributed by atoms with Crippen LogP contribution in [0, 0.1) is 0 Å². The first-order chi connectivity index (χ1) is 12.5. The first kappa shape index (κ1) is 25.1. The van der Waals surface area contributed by atoms with E-state index in [2.05, 4.69) is 0 Å². The molecule has 29 heavy (non-hydrogen) atoms. The van der Waals surface area contributed by atoms with Crippen LogP contribution in [0.25, 0.3) is 0 Å². The zero-order valence-corrected chi connectivity index (χ0v) is 13.8. The summed E-state index contributed by atoms with van der Waals surface area (Å²) in [6, 6.07) is 1.06. The Kier molecular flexibility index (Phi) is 5.65. The van der Waals surface area contributed by atoms with Gasteiger partial charge in [-0.05, 0) is 24.3 Å². The summed E-state index contributed by atoms with van der Waals surface area (Å²) in [5, 5.41) is -7.26. The fraction of sp³-hybridized carbons (Fsp3) is 0.500. The minimum absolute atomic E-state index is 0.0509. The SMILES string of the molecule is Nc1ccc(S(=O)(=O)C(F)(F)C(F)(F)C(F)(F)C(F)(F)C(F)(F)C(F)(F)F)cc1. The Hall–Kier alpha value is -1.94. The minimum Gasteiger partial charge on any atom is -0.399 e. The van der Waals surface area contributed by atoms with Gasteiger partial charge >= 0.3 is 35.1 Å². The Labute approximate surface area is 152 Å². The van der Waals surface area contributed by atoms with E-state index < -0.39 is 49.9 Å². The van der Waals surface area contributed by atoms with Gasteiger partial charge in [0, 0.05) is 5.69 Å². The number of sulfone groups is 1. The predicted molar refractivity (Wildman–Crippen MR) is 68.8 cm³/mol. The molecule has 0 heterocycles. The van der Waals surface area contributed by atoms with Crippen LogP contribution in [0.15, 0.2) is 29.2 Å². The maximum atomic E-state index is 13.8. The van der Waals surface area contributed by atoms with Gasteiger partial charge in [0.1, 0.15) is 0 Å². The highest BCUT2D eigenvalue weighted by Gasteiger charge is 2.92. The lowest BCUT2D eigenvalue weighted by Gasteiger charge is -2.39. The van der Waals surface area contributed by atoms with Crippen molar-refractivity contribution in [3.05, 3.63) is 24.3 Å². The second-order valence-corrected chi connectivity index (χ2v) is 7.38. The van der Waals surface area contributed by atoms with Crippen molar-refractivity contribution in [2.75, 3.05) is 5.73 Å². The van der Waals surface area contributed by atoms with Crippen LogP contribution in [0.2, 0.25) is 0 Å². The van der Waals surface area contributed by atoms with Crippen LogP contribution in [0.4, 0.5) is 62.8 Å². The maximum Gasteiger partial charge on any atom is 0.460 e. The number of hydrogen-bond donors (Lipinski definition) is 1. The molecule has 0 aromatic heterocycles. The van der Waals surface area contributed by atoms with E-state index in [0.29, 0.717) is 12.1 Å². The molecule has 1 aromatic rings. The van der Waals surface area contributed by atoms with E-state index in [-0.39, 0.29) is 17.8 Å². The summed E-state index contributed by atoms with van der Waals surface area (Å²) in [4.78, 5) is -1.89. The lowest BCUT2D eigenvalue weighted by atomic mass is 9.98. The van der Waals surface area contributed by atoms with Gasteiger partial charge in [0.05, 0.1) is 4.90 Å². The second-order valence-electron chi connectivity index (χ2n) is 5.38. The summed E-state index contributed by atoms with van der Waals surface area (Å²) < 4.78 is 192. The van der Waals surface area contributed by atoms with Crippen molar-refractivity contribution in [3.63, 3.8) is 0 Å². The maximum absolute atomic E-state index is 13.8. The quantitative estimate of drug-likeness (QED) is 0.478. The first-order valence-corrected chi connectivity index (χ1v) is 8.04. The van der Waals surface area contributed by atoms with Gasteiger partial charge in [0.25, 0.3) is 0 Å². The molecule has 17 heteroatoms. The van der Waals surface area contributed by atoms with Crippen molar-refractivity contribution in [3.8, 4) is 0 Å². The molecule has 1 rings (SSSR count). The molecule has 0 amide bonds. The molecule has 3 nitrogen and oxygen atoms in total. The fourth-order valence-electron chi connectivity index (χ4n) is 1.72. The monoisotopic (exact) mass is 475 g/mol. The average Bonchev–Trinajstić information content (AvgIpc) is 2.53. The Bertz CT molecular complexity index is 859. The van der Waals surface area contributed by atoms with Crippen molar-refractivity contribution in [1.82, 2.24) is 0 Å². The van der Waals surface area contributed by atoms with Crippen LogP contribution in [-0.2, 0) is 9.84 Å². The highest BCUT2D eigenvalue weighted by atomic mass is 32.2. The van der Waals surface area contributed by atoms with Gasteiger partial charge in [-0.1, -0.05) is 0 Å². The molecule has 1 aromatic carbocycles. The van der Waals surface area contributed by atoms with Crippen LogP contribution in [0.1, 0.15) is 0 Å². The van der Waals surface area contributed by atoms with E-state index in [1.807, 2.05) is 0 Å². The third kappa shape index (κ3) is 3.26.